The molecule has 1 fully saturated rings. The number of aromatic amines is 1. The first-order chi connectivity index (χ1) is 13.6. The first-order valence-corrected chi connectivity index (χ1v) is 10.3. The fourth-order valence-corrected chi connectivity index (χ4v) is 4.01. The van der Waals surface area contributed by atoms with Crippen LogP contribution in [0.3, 0.4) is 0 Å². The van der Waals surface area contributed by atoms with Crippen molar-refractivity contribution >= 4 is 11.9 Å². The lowest BCUT2D eigenvalue weighted by Crippen LogP contribution is -2.50. The van der Waals surface area contributed by atoms with E-state index in [4.69, 9.17) is 4.98 Å². The highest BCUT2D eigenvalue weighted by Gasteiger charge is 2.48. The third-order valence-corrected chi connectivity index (χ3v) is 5.91. The number of aliphatic carboxylic acids is 1. The number of carbonyl (C=O) groups is 2. The first-order valence-electron chi connectivity index (χ1n) is 10.3. The topological polar surface area (TPSA) is 95.1 Å². The molecule has 1 aliphatic rings. The van der Waals surface area contributed by atoms with Crippen molar-refractivity contribution in [1.82, 2.24) is 15.3 Å². The van der Waals surface area contributed by atoms with E-state index in [0.717, 1.165) is 30.5 Å². The monoisotopic (exact) mass is 397 g/mol. The number of aryl methyl sites for hydroxylation is 1. The highest BCUT2D eigenvalue weighted by molar-refractivity contribution is 6.02. The molecule has 0 saturated heterocycles. The van der Waals surface area contributed by atoms with Crippen molar-refractivity contribution < 1.29 is 14.7 Å². The van der Waals surface area contributed by atoms with Gasteiger partial charge in [-0.3, -0.25) is 9.59 Å². The Labute approximate surface area is 172 Å². The number of H-pyrrole nitrogens is 1. The molecule has 0 radical (unpaired) electrons. The molecule has 3 N–H and O–H groups in total. The summed E-state index contributed by atoms with van der Waals surface area (Å²) in [6.45, 7) is 8.08. The highest BCUT2D eigenvalue weighted by atomic mass is 16.4. The van der Waals surface area contributed by atoms with Gasteiger partial charge in [-0.1, -0.05) is 69.9 Å². The van der Waals surface area contributed by atoms with E-state index in [0.29, 0.717) is 18.7 Å². The van der Waals surface area contributed by atoms with Crippen molar-refractivity contribution in [3.63, 3.8) is 0 Å². The summed E-state index contributed by atoms with van der Waals surface area (Å²) in [6, 6.07) is 7.68. The fourth-order valence-electron chi connectivity index (χ4n) is 4.01. The van der Waals surface area contributed by atoms with Crippen molar-refractivity contribution in [3.8, 4) is 11.3 Å². The molecule has 3 rings (SSSR count). The predicted molar refractivity (Wildman–Crippen MR) is 112 cm³/mol. The van der Waals surface area contributed by atoms with Crippen molar-refractivity contribution in [2.24, 2.45) is 10.8 Å². The maximum atomic E-state index is 13.2. The lowest BCUT2D eigenvalue weighted by molar-refractivity contribution is -0.159. The number of carbonyl (C=O) groups excluding carboxylic acids is 1. The third kappa shape index (κ3) is 4.36. The molecule has 156 valence electrons. The van der Waals surface area contributed by atoms with Gasteiger partial charge >= 0.3 is 5.97 Å². The molecular formula is C23H31N3O3. The van der Waals surface area contributed by atoms with Gasteiger partial charge < -0.3 is 15.4 Å². The van der Waals surface area contributed by atoms with Crippen LogP contribution in [0.4, 0.5) is 0 Å². The maximum absolute atomic E-state index is 13.2. The van der Waals surface area contributed by atoms with Crippen LogP contribution in [0.15, 0.2) is 30.5 Å². The molecule has 1 aromatic heterocycles. The fraction of sp³-hybridized carbons (Fsp3) is 0.522. The Kier molecular flexibility index (Phi) is 5.82. The zero-order valence-electron chi connectivity index (χ0n) is 17.7. The molecule has 1 atom stereocenters. The maximum Gasteiger partial charge on any atom is 0.319 e. The van der Waals surface area contributed by atoms with E-state index >= 15 is 0 Å². The van der Waals surface area contributed by atoms with Gasteiger partial charge in [0.15, 0.2) is 0 Å². The van der Waals surface area contributed by atoms with Gasteiger partial charge in [0.25, 0.3) is 0 Å². The molecule has 6 nitrogen and oxygen atoms in total. The number of imidazole rings is 1. The predicted octanol–water partition coefficient (Wildman–Crippen LogP) is 4.62. The minimum atomic E-state index is -1.34. The van der Waals surface area contributed by atoms with E-state index in [2.05, 4.69) is 10.3 Å². The van der Waals surface area contributed by atoms with Crippen molar-refractivity contribution in [3.05, 3.63) is 41.9 Å². The Morgan fingerprint density at radius 2 is 1.76 bits per heavy atom. The van der Waals surface area contributed by atoms with Crippen molar-refractivity contribution in [1.29, 1.82) is 0 Å². The SMILES string of the molecule is Cc1ccc(-c2c[nH]c([C@@H](NC(=O)C3(C(=O)O)CCCCC3)C(C)(C)C)n2)cc1. The number of hydrogen-bond donors (Lipinski definition) is 3. The Morgan fingerprint density at radius 1 is 1.14 bits per heavy atom. The number of carboxylic acids is 1. The van der Waals surface area contributed by atoms with Gasteiger partial charge in [-0.15, -0.1) is 0 Å². The molecule has 1 heterocycles. The van der Waals surface area contributed by atoms with E-state index in [1.54, 1.807) is 0 Å². The first kappa shape index (κ1) is 21.1. The number of nitrogens with zero attached hydrogens (tertiary/aromatic N) is 1. The molecule has 1 saturated carbocycles. The van der Waals surface area contributed by atoms with E-state index in [-0.39, 0.29) is 5.41 Å². The molecule has 6 heteroatoms. The summed E-state index contributed by atoms with van der Waals surface area (Å²) in [7, 11) is 0. The quantitative estimate of drug-likeness (QED) is 0.641. The Balaban J connectivity index is 1.88. The molecule has 1 amide bonds. The van der Waals surface area contributed by atoms with Crippen molar-refractivity contribution in [2.45, 2.75) is 65.8 Å². The number of hydrogen-bond acceptors (Lipinski definition) is 3. The normalized spacial score (nSPS) is 17.5. The van der Waals surface area contributed by atoms with Crippen LogP contribution in [0, 0.1) is 17.8 Å². The number of nitrogens with one attached hydrogen (secondary N) is 2. The summed E-state index contributed by atoms with van der Waals surface area (Å²) in [5.41, 5.74) is 1.29. The molecular weight excluding hydrogens is 366 g/mol. The lowest BCUT2D eigenvalue weighted by Gasteiger charge is -2.36. The number of benzene rings is 1. The second-order valence-electron chi connectivity index (χ2n) is 9.26. The van der Waals surface area contributed by atoms with Crippen LogP contribution in [0.5, 0.6) is 0 Å². The molecule has 1 aliphatic carbocycles. The summed E-state index contributed by atoms with van der Waals surface area (Å²) in [6.07, 6.45) is 5.10. The van der Waals surface area contributed by atoms with Crippen LogP contribution in [0.25, 0.3) is 11.3 Å². The zero-order valence-corrected chi connectivity index (χ0v) is 17.7. The minimum Gasteiger partial charge on any atom is -0.480 e. The number of carboxylic acid groups (broad SMARTS) is 1. The number of rotatable bonds is 5. The van der Waals surface area contributed by atoms with Gasteiger partial charge in [0.2, 0.25) is 5.91 Å². The molecule has 29 heavy (non-hydrogen) atoms. The third-order valence-electron chi connectivity index (χ3n) is 5.91. The van der Waals surface area contributed by atoms with E-state index in [1.165, 1.54) is 5.56 Å². The molecule has 2 aromatic rings. The van der Waals surface area contributed by atoms with Gasteiger partial charge in [0, 0.05) is 11.8 Å². The van der Waals surface area contributed by atoms with E-state index in [9.17, 15) is 14.7 Å². The largest absolute Gasteiger partial charge is 0.480 e. The average molecular weight is 398 g/mol. The van der Waals surface area contributed by atoms with Gasteiger partial charge in [-0.2, -0.15) is 0 Å². The standard InChI is InChI=1S/C23H31N3O3/c1-15-8-10-16(11-9-15)17-14-24-19(25-17)18(22(2,3)4)26-20(27)23(21(28)29)12-6-5-7-13-23/h8-11,14,18H,5-7,12-13H2,1-4H3,(H,24,25)(H,26,27)(H,28,29)/t18-/m1/s1. The highest BCUT2D eigenvalue weighted by Crippen LogP contribution is 2.39. The van der Waals surface area contributed by atoms with Crippen molar-refractivity contribution in [2.75, 3.05) is 0 Å². The molecule has 0 unspecified atom stereocenters. The summed E-state index contributed by atoms with van der Waals surface area (Å²) in [4.78, 5) is 33.1. The van der Waals surface area contributed by atoms with Crippen LogP contribution in [-0.2, 0) is 9.59 Å². The Morgan fingerprint density at radius 3 is 2.31 bits per heavy atom. The average Bonchev–Trinajstić information content (AvgIpc) is 3.15. The minimum absolute atomic E-state index is 0.341. The molecule has 0 spiro atoms. The van der Waals surface area contributed by atoms with Gasteiger partial charge in [-0.05, 0) is 25.2 Å². The lowest BCUT2D eigenvalue weighted by atomic mass is 9.72. The van der Waals surface area contributed by atoms with Crippen LogP contribution in [0.2, 0.25) is 0 Å². The molecule has 0 bridgehead atoms. The molecule has 1 aromatic carbocycles. The number of aromatic nitrogens is 2. The summed E-state index contributed by atoms with van der Waals surface area (Å²) in [5, 5.41) is 12.9. The summed E-state index contributed by atoms with van der Waals surface area (Å²) in [5.74, 6) is -0.794. The number of amides is 1. The van der Waals surface area contributed by atoms with Gasteiger partial charge in [0.05, 0.1) is 11.7 Å². The van der Waals surface area contributed by atoms with E-state index in [1.807, 2.05) is 58.2 Å². The Bertz CT molecular complexity index is 872. The van der Waals surface area contributed by atoms with Crippen LogP contribution in [-0.4, -0.2) is 27.0 Å². The van der Waals surface area contributed by atoms with Gasteiger partial charge in [0.1, 0.15) is 11.2 Å². The van der Waals surface area contributed by atoms with Crippen LogP contribution >= 0.6 is 0 Å². The smallest absolute Gasteiger partial charge is 0.319 e. The van der Waals surface area contributed by atoms with Crippen LogP contribution < -0.4 is 5.32 Å². The van der Waals surface area contributed by atoms with Crippen LogP contribution in [0.1, 0.15) is 70.3 Å². The second-order valence-corrected chi connectivity index (χ2v) is 9.26. The zero-order chi connectivity index (χ0) is 21.2. The molecule has 0 aliphatic heterocycles. The second kappa shape index (κ2) is 8.01. The van der Waals surface area contributed by atoms with Gasteiger partial charge in [-0.25, -0.2) is 4.98 Å². The summed E-state index contributed by atoms with van der Waals surface area (Å²) >= 11 is 0. The van der Waals surface area contributed by atoms with E-state index < -0.39 is 23.3 Å². The summed E-state index contributed by atoms with van der Waals surface area (Å²) < 4.78 is 0. The Hall–Kier alpha value is -2.63.